The molecule has 0 saturated heterocycles. The Labute approximate surface area is 329 Å². The van der Waals surface area contributed by atoms with E-state index >= 15 is 0 Å². The number of nitrogens with one attached hydrogen (secondary N) is 1. The van der Waals surface area contributed by atoms with Gasteiger partial charge in [0.1, 0.15) is 53.3 Å². The second-order valence-corrected chi connectivity index (χ2v) is 15.8. The molecule has 0 fully saturated rings. The van der Waals surface area contributed by atoms with Gasteiger partial charge in [0, 0.05) is 5.75 Å². The second kappa shape index (κ2) is 22.3. The third-order valence-electron chi connectivity index (χ3n) is 7.75. The van der Waals surface area contributed by atoms with Crippen LogP contribution in [0.2, 0.25) is 0 Å². The molecule has 3 rings (SSSR count). The Morgan fingerprint density at radius 2 is 1.09 bits per heavy atom. The quantitative estimate of drug-likeness (QED) is 0.0807. The molecule has 3 atom stereocenters. The number of carbonyl (C=O) groups excluding carboxylic acids is 3. The van der Waals surface area contributed by atoms with Crippen molar-refractivity contribution in [2.75, 3.05) is 39.4 Å². The van der Waals surface area contributed by atoms with Crippen LogP contribution in [0.15, 0.2) is 72.8 Å². The van der Waals surface area contributed by atoms with Crippen molar-refractivity contribution < 1.29 is 52.3 Å². The van der Waals surface area contributed by atoms with Gasteiger partial charge >= 0.3 is 12.1 Å². The van der Waals surface area contributed by atoms with E-state index in [1.807, 2.05) is 72.8 Å². The summed E-state index contributed by atoms with van der Waals surface area (Å²) in [6.45, 7) is 10.8. The number of esters is 1. The van der Waals surface area contributed by atoms with Crippen LogP contribution in [0.25, 0.3) is 0 Å². The molecule has 12 nitrogen and oxygen atoms in total. The molecule has 55 heavy (non-hydrogen) atoms. The summed E-state index contributed by atoms with van der Waals surface area (Å²) < 4.78 is 45.6. The normalized spacial score (nSPS) is 13.3. The summed E-state index contributed by atoms with van der Waals surface area (Å²) in [7, 11) is 4.79. The summed E-state index contributed by atoms with van der Waals surface area (Å²) in [6.07, 6.45) is -2.21. The van der Waals surface area contributed by atoms with Crippen LogP contribution in [0.1, 0.15) is 64.7 Å². The Morgan fingerprint density at radius 3 is 1.55 bits per heavy atom. The average Bonchev–Trinajstić information content (AvgIpc) is 3.13. The molecule has 1 amide bonds. The molecule has 0 aromatic heterocycles. The van der Waals surface area contributed by atoms with Crippen molar-refractivity contribution in [2.45, 2.75) is 97.2 Å². The van der Waals surface area contributed by atoms with E-state index in [1.165, 1.54) is 11.8 Å². The van der Waals surface area contributed by atoms with E-state index in [0.29, 0.717) is 23.0 Å². The Kier molecular flexibility index (Phi) is 18.3. The van der Waals surface area contributed by atoms with E-state index in [-0.39, 0.29) is 38.6 Å². The summed E-state index contributed by atoms with van der Waals surface area (Å²) >= 11 is 1.46. The average molecular weight is 784 g/mol. The van der Waals surface area contributed by atoms with Gasteiger partial charge in [-0.15, -0.1) is 0 Å². The molecular weight excluding hydrogens is 727 g/mol. The van der Waals surface area contributed by atoms with Gasteiger partial charge in [0.25, 0.3) is 0 Å². The number of hydrogen-bond donors (Lipinski definition) is 1. The van der Waals surface area contributed by atoms with E-state index < -0.39 is 41.5 Å². The van der Waals surface area contributed by atoms with Gasteiger partial charge in [-0.2, -0.15) is 11.8 Å². The minimum Gasteiger partial charge on any atom is -0.497 e. The van der Waals surface area contributed by atoms with Crippen molar-refractivity contribution in [3.63, 3.8) is 0 Å². The number of ketones is 1. The fraction of sp³-hybridized carbons (Fsp3) is 0.500. The lowest BCUT2D eigenvalue weighted by Gasteiger charge is -2.28. The van der Waals surface area contributed by atoms with Crippen LogP contribution < -0.4 is 19.5 Å². The smallest absolute Gasteiger partial charge is 0.408 e. The molecular formula is C42H57NO11S. The van der Waals surface area contributed by atoms with E-state index in [4.69, 9.17) is 37.9 Å². The highest BCUT2D eigenvalue weighted by Gasteiger charge is 2.32. The molecule has 0 spiro atoms. The molecule has 0 unspecified atom stereocenters. The lowest BCUT2D eigenvalue weighted by atomic mass is 10.1. The highest BCUT2D eigenvalue weighted by Crippen LogP contribution is 2.22. The van der Waals surface area contributed by atoms with Crippen molar-refractivity contribution in [1.29, 1.82) is 0 Å². The lowest BCUT2D eigenvalue weighted by molar-refractivity contribution is -0.157. The molecule has 3 aromatic rings. The molecule has 0 bridgehead atoms. The van der Waals surface area contributed by atoms with E-state index in [1.54, 1.807) is 62.9 Å². The highest BCUT2D eigenvalue weighted by molar-refractivity contribution is 7.99. The van der Waals surface area contributed by atoms with Gasteiger partial charge in [0.05, 0.1) is 41.2 Å². The molecule has 0 saturated carbocycles. The van der Waals surface area contributed by atoms with Crippen LogP contribution in [0.5, 0.6) is 17.2 Å². The molecule has 1 N–H and O–H groups in total. The number of ether oxygens (including phenoxy) is 8. The number of amides is 1. The first-order valence-corrected chi connectivity index (χ1v) is 19.3. The number of methoxy groups -OCH3 is 3. The number of rotatable bonds is 22. The topological polar surface area (TPSA) is 137 Å². The van der Waals surface area contributed by atoms with Crippen molar-refractivity contribution in [3.05, 3.63) is 89.5 Å². The van der Waals surface area contributed by atoms with Crippen molar-refractivity contribution in [3.8, 4) is 17.2 Å². The van der Waals surface area contributed by atoms with Gasteiger partial charge in [-0.25, -0.2) is 9.59 Å². The summed E-state index contributed by atoms with van der Waals surface area (Å²) in [4.78, 5) is 39.8. The van der Waals surface area contributed by atoms with Crippen molar-refractivity contribution in [1.82, 2.24) is 5.32 Å². The number of alkyl carbamates (subject to hydrolysis) is 1. The minimum absolute atomic E-state index is 0.131. The number of Topliss-reactive ketones (excluding diaryl/α,β-unsaturated/α-hetero) is 1. The first kappa shape index (κ1) is 45.1. The van der Waals surface area contributed by atoms with E-state index in [0.717, 1.165) is 22.4 Å². The molecule has 0 heterocycles. The van der Waals surface area contributed by atoms with Crippen LogP contribution >= 0.6 is 11.8 Å². The van der Waals surface area contributed by atoms with Crippen LogP contribution in [0.4, 0.5) is 4.79 Å². The fourth-order valence-corrected chi connectivity index (χ4v) is 6.08. The van der Waals surface area contributed by atoms with E-state index in [2.05, 4.69) is 5.32 Å². The zero-order valence-corrected chi connectivity index (χ0v) is 34.3. The predicted molar refractivity (Wildman–Crippen MR) is 212 cm³/mol. The largest absolute Gasteiger partial charge is 0.497 e. The molecule has 0 aliphatic heterocycles. The molecule has 3 aromatic carbocycles. The highest BCUT2D eigenvalue weighted by atomic mass is 32.2. The predicted octanol–water partition coefficient (Wildman–Crippen LogP) is 7.33. The molecule has 13 heteroatoms. The number of benzene rings is 3. The van der Waals surface area contributed by atoms with Crippen molar-refractivity contribution >= 4 is 29.6 Å². The number of hydrogen-bond acceptors (Lipinski definition) is 12. The third-order valence-corrected chi connectivity index (χ3v) is 8.84. The monoisotopic (exact) mass is 783 g/mol. The third kappa shape index (κ3) is 17.4. The fourth-order valence-electron chi connectivity index (χ4n) is 5.01. The first-order valence-electron chi connectivity index (χ1n) is 18.1. The number of carbonyl (C=O) groups is 3. The van der Waals surface area contributed by atoms with Crippen LogP contribution in [0, 0.1) is 0 Å². The maximum atomic E-state index is 14.0. The SMILES string of the molecule is COc1ccc(COCC(=O)[C@H](OCc2ccc(OC)cc2)[C@@H](CSCC[C@H](NC(=O)OC(C)(C)C)C(=O)OC(C)(C)C)OCc2ccc(OC)cc2)cc1. The first-order chi connectivity index (χ1) is 26.1. The Hall–Kier alpha value is -4.30. The second-order valence-electron chi connectivity index (χ2n) is 14.7. The Morgan fingerprint density at radius 1 is 0.636 bits per heavy atom. The standard InChI is InChI=1S/C42H57NO11S/c1-41(2,3)53-39(45)35(43-40(46)54-42(4,5)6)22-23-55-28-37(51-25-30-12-18-33(48-8)19-13-30)38(52-26-31-14-20-34(49-9)21-15-31)36(44)27-50-24-29-10-16-32(47-7)17-11-29/h10-21,35,37-38H,22-28H2,1-9H3,(H,43,46)/t35-,37+,38-/m0/s1. The van der Waals surface area contributed by atoms with Crippen LogP contribution in [-0.4, -0.2) is 86.7 Å². The Balaban J connectivity index is 1.81. The zero-order chi connectivity index (χ0) is 40.4. The van der Waals surface area contributed by atoms with Gasteiger partial charge in [0.2, 0.25) is 0 Å². The summed E-state index contributed by atoms with van der Waals surface area (Å²) in [5.74, 6) is 2.00. The van der Waals surface area contributed by atoms with Crippen LogP contribution in [0.3, 0.4) is 0 Å². The zero-order valence-electron chi connectivity index (χ0n) is 33.5. The van der Waals surface area contributed by atoms with Crippen LogP contribution in [-0.2, 0) is 53.1 Å². The number of thioether (sulfide) groups is 1. The van der Waals surface area contributed by atoms with Gasteiger partial charge < -0.3 is 43.2 Å². The van der Waals surface area contributed by atoms with Gasteiger partial charge in [-0.1, -0.05) is 36.4 Å². The Bertz CT molecular complexity index is 1600. The summed E-state index contributed by atoms with van der Waals surface area (Å²) in [5, 5.41) is 2.67. The summed E-state index contributed by atoms with van der Waals surface area (Å²) in [5.41, 5.74) is 1.08. The lowest BCUT2D eigenvalue weighted by Crippen LogP contribution is -2.46. The maximum Gasteiger partial charge on any atom is 0.408 e. The molecule has 0 aliphatic rings. The van der Waals surface area contributed by atoms with Gasteiger partial charge in [-0.05, 0) is 107 Å². The molecule has 0 aliphatic carbocycles. The van der Waals surface area contributed by atoms with E-state index in [9.17, 15) is 14.4 Å². The maximum absolute atomic E-state index is 14.0. The molecule has 0 radical (unpaired) electrons. The summed E-state index contributed by atoms with van der Waals surface area (Å²) in [6, 6.07) is 21.3. The van der Waals surface area contributed by atoms with Crippen molar-refractivity contribution in [2.24, 2.45) is 0 Å². The van der Waals surface area contributed by atoms with Gasteiger partial charge in [0.15, 0.2) is 5.78 Å². The minimum atomic E-state index is -1.01. The van der Waals surface area contributed by atoms with Gasteiger partial charge in [-0.3, -0.25) is 4.79 Å². The molecule has 302 valence electrons.